The summed E-state index contributed by atoms with van der Waals surface area (Å²) < 4.78 is 2.19. The maximum atomic E-state index is 5.60. The number of para-hydroxylation sites is 3. The van der Waals surface area contributed by atoms with Crippen molar-refractivity contribution in [1.29, 1.82) is 0 Å². The Hall–Kier alpha value is -1.78. The molecule has 4 heteroatoms. The summed E-state index contributed by atoms with van der Waals surface area (Å²) in [6.45, 7) is 0.655. The minimum atomic E-state index is 0.655. The van der Waals surface area contributed by atoms with Crippen molar-refractivity contribution in [1.82, 2.24) is 9.55 Å². The molecule has 96 valence electrons. The molecule has 0 radical (unpaired) electrons. The van der Waals surface area contributed by atoms with Crippen LogP contribution < -0.4 is 5.73 Å². The fraction of sp³-hybridized carbons (Fsp3) is 0.133. The van der Waals surface area contributed by atoms with Gasteiger partial charge in [0.15, 0.2) is 5.16 Å². The van der Waals surface area contributed by atoms with Gasteiger partial charge in [-0.2, -0.15) is 0 Å². The summed E-state index contributed by atoms with van der Waals surface area (Å²) in [7, 11) is 0. The average molecular weight is 269 g/mol. The predicted octanol–water partition coefficient (Wildman–Crippen LogP) is 3.08. The number of thioether (sulfide) groups is 1. The van der Waals surface area contributed by atoms with Crippen molar-refractivity contribution in [3.8, 4) is 5.69 Å². The van der Waals surface area contributed by atoms with Crippen molar-refractivity contribution in [2.24, 2.45) is 5.73 Å². The molecule has 0 bridgehead atoms. The number of nitrogens with two attached hydrogens (primary N) is 1. The van der Waals surface area contributed by atoms with Crippen LogP contribution in [0.2, 0.25) is 0 Å². The lowest BCUT2D eigenvalue weighted by atomic mass is 10.3. The van der Waals surface area contributed by atoms with E-state index >= 15 is 0 Å². The highest BCUT2D eigenvalue weighted by Gasteiger charge is 2.11. The number of rotatable bonds is 4. The highest BCUT2D eigenvalue weighted by atomic mass is 32.2. The standard InChI is InChI=1S/C15H15N3S/c16-10-11-19-15-17-13-8-4-5-9-14(13)18(15)12-6-2-1-3-7-12/h1-9H,10-11,16H2. The topological polar surface area (TPSA) is 43.8 Å². The summed E-state index contributed by atoms with van der Waals surface area (Å²) in [5.41, 5.74) is 8.89. The number of hydrogen-bond acceptors (Lipinski definition) is 3. The van der Waals surface area contributed by atoms with Crippen LogP contribution in [0.4, 0.5) is 0 Å². The van der Waals surface area contributed by atoms with E-state index in [1.165, 1.54) is 0 Å². The number of imidazole rings is 1. The van der Waals surface area contributed by atoms with Crippen LogP contribution in [0.3, 0.4) is 0 Å². The second-order valence-corrected chi connectivity index (χ2v) is 5.25. The Morgan fingerprint density at radius 2 is 1.74 bits per heavy atom. The Bertz CT molecular complexity index is 676. The van der Waals surface area contributed by atoms with E-state index in [1.54, 1.807) is 11.8 Å². The van der Waals surface area contributed by atoms with Crippen molar-refractivity contribution in [2.45, 2.75) is 5.16 Å². The SMILES string of the molecule is NCCSc1nc2ccccc2n1-c1ccccc1. The highest BCUT2D eigenvalue weighted by molar-refractivity contribution is 7.99. The molecule has 0 aliphatic heterocycles. The zero-order valence-corrected chi connectivity index (χ0v) is 11.3. The van der Waals surface area contributed by atoms with Crippen LogP contribution in [0.15, 0.2) is 59.8 Å². The molecule has 0 saturated carbocycles. The molecule has 0 aliphatic carbocycles. The summed E-state index contributed by atoms with van der Waals surface area (Å²) >= 11 is 1.69. The molecule has 19 heavy (non-hydrogen) atoms. The van der Waals surface area contributed by atoms with Crippen molar-refractivity contribution >= 4 is 22.8 Å². The first-order chi connectivity index (χ1) is 9.40. The molecule has 2 aromatic carbocycles. The van der Waals surface area contributed by atoms with Gasteiger partial charge in [0.05, 0.1) is 11.0 Å². The molecular weight excluding hydrogens is 254 g/mol. The molecule has 0 spiro atoms. The Labute approximate surface area is 116 Å². The zero-order valence-electron chi connectivity index (χ0n) is 10.5. The second kappa shape index (κ2) is 5.47. The van der Waals surface area contributed by atoms with E-state index < -0.39 is 0 Å². The smallest absolute Gasteiger partial charge is 0.173 e. The van der Waals surface area contributed by atoms with E-state index in [0.717, 1.165) is 27.6 Å². The van der Waals surface area contributed by atoms with Gasteiger partial charge in [-0.3, -0.25) is 4.57 Å². The van der Waals surface area contributed by atoms with Crippen LogP contribution in [0.25, 0.3) is 16.7 Å². The summed E-state index contributed by atoms with van der Waals surface area (Å²) in [6.07, 6.45) is 0. The first-order valence-corrected chi connectivity index (χ1v) is 7.24. The van der Waals surface area contributed by atoms with Gasteiger partial charge >= 0.3 is 0 Å². The third-order valence-corrected chi connectivity index (χ3v) is 3.87. The van der Waals surface area contributed by atoms with E-state index in [4.69, 9.17) is 10.7 Å². The van der Waals surface area contributed by atoms with Crippen LogP contribution in [0.5, 0.6) is 0 Å². The minimum Gasteiger partial charge on any atom is -0.330 e. The Morgan fingerprint density at radius 3 is 2.53 bits per heavy atom. The van der Waals surface area contributed by atoms with Gasteiger partial charge in [0.2, 0.25) is 0 Å². The molecule has 0 aliphatic rings. The Kier molecular flexibility index (Phi) is 3.53. The molecular formula is C15H15N3S. The lowest BCUT2D eigenvalue weighted by Gasteiger charge is -2.08. The lowest BCUT2D eigenvalue weighted by molar-refractivity contribution is 0.918. The van der Waals surface area contributed by atoms with E-state index in [1.807, 2.05) is 36.4 Å². The summed E-state index contributed by atoms with van der Waals surface area (Å²) in [5.74, 6) is 0.871. The Balaban J connectivity index is 2.19. The number of fused-ring (bicyclic) bond motifs is 1. The van der Waals surface area contributed by atoms with Gasteiger partial charge in [0.1, 0.15) is 0 Å². The van der Waals surface area contributed by atoms with Crippen LogP contribution in [-0.4, -0.2) is 21.8 Å². The Morgan fingerprint density at radius 1 is 1.00 bits per heavy atom. The molecule has 0 atom stereocenters. The predicted molar refractivity (Wildman–Crippen MR) is 80.8 cm³/mol. The van der Waals surface area contributed by atoms with Gasteiger partial charge < -0.3 is 5.73 Å². The summed E-state index contributed by atoms with van der Waals surface area (Å²) in [5, 5.41) is 0.998. The second-order valence-electron chi connectivity index (χ2n) is 4.19. The zero-order chi connectivity index (χ0) is 13.1. The fourth-order valence-corrected chi connectivity index (χ4v) is 2.87. The number of aromatic nitrogens is 2. The molecule has 3 aromatic rings. The van der Waals surface area contributed by atoms with Gasteiger partial charge in [-0.05, 0) is 24.3 Å². The van der Waals surface area contributed by atoms with Crippen molar-refractivity contribution < 1.29 is 0 Å². The van der Waals surface area contributed by atoms with Gasteiger partial charge in [-0.25, -0.2) is 4.98 Å². The maximum Gasteiger partial charge on any atom is 0.173 e. The molecule has 0 unspecified atom stereocenters. The number of nitrogens with zero attached hydrogens (tertiary/aromatic N) is 2. The fourth-order valence-electron chi connectivity index (χ4n) is 2.08. The third-order valence-electron chi connectivity index (χ3n) is 2.89. The normalized spacial score (nSPS) is 11.0. The van der Waals surface area contributed by atoms with E-state index in [2.05, 4.69) is 22.8 Å². The summed E-state index contributed by atoms with van der Waals surface area (Å²) in [4.78, 5) is 4.70. The molecule has 1 heterocycles. The van der Waals surface area contributed by atoms with Crippen LogP contribution in [0.1, 0.15) is 0 Å². The van der Waals surface area contributed by atoms with Crippen LogP contribution in [0, 0.1) is 0 Å². The van der Waals surface area contributed by atoms with Crippen LogP contribution in [-0.2, 0) is 0 Å². The number of hydrogen-bond donors (Lipinski definition) is 1. The summed E-state index contributed by atoms with van der Waals surface area (Å²) in [6, 6.07) is 18.5. The van der Waals surface area contributed by atoms with E-state index in [9.17, 15) is 0 Å². The molecule has 1 aromatic heterocycles. The first kappa shape index (κ1) is 12.3. The van der Waals surface area contributed by atoms with Gasteiger partial charge in [0, 0.05) is 18.0 Å². The minimum absolute atomic E-state index is 0.655. The molecule has 2 N–H and O–H groups in total. The van der Waals surface area contributed by atoms with Crippen molar-refractivity contribution in [3.05, 3.63) is 54.6 Å². The average Bonchev–Trinajstić information content (AvgIpc) is 2.84. The molecule has 0 amide bonds. The lowest BCUT2D eigenvalue weighted by Crippen LogP contribution is -2.03. The van der Waals surface area contributed by atoms with Gasteiger partial charge in [-0.1, -0.05) is 42.1 Å². The van der Waals surface area contributed by atoms with E-state index in [-0.39, 0.29) is 0 Å². The molecule has 0 saturated heterocycles. The third kappa shape index (κ3) is 2.37. The van der Waals surface area contributed by atoms with Crippen molar-refractivity contribution in [2.75, 3.05) is 12.3 Å². The van der Waals surface area contributed by atoms with Crippen molar-refractivity contribution in [3.63, 3.8) is 0 Å². The maximum absolute atomic E-state index is 5.60. The monoisotopic (exact) mass is 269 g/mol. The number of benzene rings is 2. The van der Waals surface area contributed by atoms with Gasteiger partial charge in [0.25, 0.3) is 0 Å². The molecule has 3 nitrogen and oxygen atoms in total. The largest absolute Gasteiger partial charge is 0.330 e. The van der Waals surface area contributed by atoms with Crippen LogP contribution >= 0.6 is 11.8 Å². The molecule has 0 fully saturated rings. The molecule has 3 rings (SSSR count). The van der Waals surface area contributed by atoms with E-state index in [0.29, 0.717) is 6.54 Å². The van der Waals surface area contributed by atoms with Gasteiger partial charge in [-0.15, -0.1) is 0 Å². The highest BCUT2D eigenvalue weighted by Crippen LogP contribution is 2.27. The quantitative estimate of drug-likeness (QED) is 0.740. The first-order valence-electron chi connectivity index (χ1n) is 6.26.